The van der Waals surface area contributed by atoms with Crippen LogP contribution >= 0.6 is 0 Å². The Morgan fingerprint density at radius 3 is 2.48 bits per heavy atom. The first kappa shape index (κ1) is 32.3. The number of primary sulfonamides is 1. The second kappa shape index (κ2) is 13.5. The standard InChI is InChI=1S/C30H36F3N5O4S2/c1-42-29-19-24(44(34,40)41)11-12-27(29)35-13-3-4-23-18-25-26(5-2-6-28(25)38(23)20-30(31,32)33)36-21-7-9-22(10-8-21)37-14-16-43(39)17-15-37/h2,5-6,11-12,18-19,21-22,35-36H,7-10,13-17,20H2,1H3,(H2,34,40,41)/t21-,22+. The molecule has 0 spiro atoms. The molecule has 0 bridgehead atoms. The smallest absolute Gasteiger partial charge is 0.406 e. The molecule has 2 aromatic carbocycles. The highest BCUT2D eigenvalue weighted by Crippen LogP contribution is 2.33. The molecule has 1 aliphatic carbocycles. The SMILES string of the molecule is COc1cc(S(N)(=O)=O)ccc1NCC#Cc1cc2c(N[C@H]3CC[C@@H](N4CC[S+]([O-])CC4)CC3)cccc2n1CC(F)(F)F. The van der Waals surface area contributed by atoms with Crippen molar-refractivity contribution in [3.8, 4) is 17.6 Å². The number of nitrogens with zero attached hydrogens (tertiary/aromatic N) is 2. The second-order valence-electron chi connectivity index (χ2n) is 11.1. The minimum atomic E-state index is -4.44. The first-order valence-corrected chi connectivity index (χ1v) is 17.4. The van der Waals surface area contributed by atoms with Crippen molar-refractivity contribution in [2.24, 2.45) is 5.14 Å². The Labute approximate surface area is 258 Å². The van der Waals surface area contributed by atoms with Crippen LogP contribution in [-0.4, -0.2) is 78.9 Å². The number of rotatable bonds is 8. The van der Waals surface area contributed by atoms with E-state index in [-0.39, 0.29) is 28.9 Å². The lowest BCUT2D eigenvalue weighted by Gasteiger charge is -2.39. The van der Waals surface area contributed by atoms with E-state index in [9.17, 15) is 26.1 Å². The summed E-state index contributed by atoms with van der Waals surface area (Å²) in [5.41, 5.74) is 1.92. The summed E-state index contributed by atoms with van der Waals surface area (Å²) in [4.78, 5) is 2.34. The third-order valence-corrected chi connectivity index (χ3v) is 10.3. The van der Waals surface area contributed by atoms with Crippen LogP contribution < -0.4 is 20.5 Å². The average molecular weight is 652 g/mol. The Hall–Kier alpha value is -3.09. The van der Waals surface area contributed by atoms with Crippen molar-refractivity contribution in [1.82, 2.24) is 9.47 Å². The van der Waals surface area contributed by atoms with E-state index < -0.39 is 33.9 Å². The number of hydrogen-bond acceptors (Lipinski definition) is 7. The van der Waals surface area contributed by atoms with Crippen LogP contribution in [-0.2, 0) is 27.7 Å². The summed E-state index contributed by atoms with van der Waals surface area (Å²) in [6, 6.07) is 11.8. The Balaban J connectivity index is 1.31. The Morgan fingerprint density at radius 1 is 1.09 bits per heavy atom. The largest absolute Gasteiger partial charge is 0.616 e. The molecule has 9 nitrogen and oxygen atoms in total. The van der Waals surface area contributed by atoms with Crippen LogP contribution in [0.3, 0.4) is 0 Å². The van der Waals surface area contributed by atoms with E-state index in [0.29, 0.717) is 22.6 Å². The lowest BCUT2D eigenvalue weighted by molar-refractivity contribution is -0.140. The highest BCUT2D eigenvalue weighted by Gasteiger charge is 2.31. The number of nitrogens with two attached hydrogens (primary N) is 1. The molecule has 2 fully saturated rings. The molecule has 3 aromatic rings. The second-order valence-corrected chi connectivity index (χ2v) is 14.3. The maximum Gasteiger partial charge on any atom is 0.406 e. The van der Waals surface area contributed by atoms with E-state index in [1.165, 1.54) is 29.9 Å². The summed E-state index contributed by atoms with van der Waals surface area (Å²) < 4.78 is 82.3. The molecule has 14 heteroatoms. The summed E-state index contributed by atoms with van der Waals surface area (Å²) in [6.45, 7) is 0.643. The number of fused-ring (bicyclic) bond motifs is 1. The number of sulfonamides is 1. The number of methoxy groups -OCH3 is 1. The van der Waals surface area contributed by atoms with Crippen LogP contribution in [0.5, 0.6) is 5.75 Å². The van der Waals surface area contributed by atoms with E-state index in [1.807, 2.05) is 6.07 Å². The highest BCUT2D eigenvalue weighted by atomic mass is 32.2. The molecule has 0 radical (unpaired) electrons. The number of ether oxygens (including phenoxy) is 1. The van der Waals surface area contributed by atoms with Gasteiger partial charge in [0.1, 0.15) is 23.8 Å². The fraction of sp³-hybridized carbons (Fsp3) is 0.467. The minimum Gasteiger partial charge on any atom is -0.616 e. The summed E-state index contributed by atoms with van der Waals surface area (Å²) in [7, 11) is -2.54. The van der Waals surface area contributed by atoms with Crippen LogP contribution in [0.25, 0.3) is 10.9 Å². The van der Waals surface area contributed by atoms with Crippen LogP contribution in [0.15, 0.2) is 47.4 Å². The molecular formula is C30H36F3N5O4S2. The van der Waals surface area contributed by atoms with Crippen molar-refractivity contribution in [3.63, 3.8) is 0 Å². The molecule has 1 saturated carbocycles. The number of aromatic nitrogens is 1. The van der Waals surface area contributed by atoms with E-state index in [0.717, 1.165) is 56.0 Å². The molecule has 4 N–H and O–H groups in total. The number of alkyl halides is 3. The normalized spacial score (nSPS) is 20.2. The zero-order valence-corrected chi connectivity index (χ0v) is 26.0. The van der Waals surface area contributed by atoms with Gasteiger partial charge >= 0.3 is 6.18 Å². The fourth-order valence-corrected chi connectivity index (χ4v) is 7.56. The van der Waals surface area contributed by atoms with Gasteiger partial charge in [-0.2, -0.15) is 13.2 Å². The maximum atomic E-state index is 13.6. The summed E-state index contributed by atoms with van der Waals surface area (Å²) in [5, 5.41) is 12.5. The first-order valence-electron chi connectivity index (χ1n) is 14.4. The van der Waals surface area contributed by atoms with Gasteiger partial charge in [-0.05, 0) is 61.9 Å². The van der Waals surface area contributed by atoms with E-state index in [2.05, 4.69) is 27.4 Å². The quantitative estimate of drug-likeness (QED) is 0.247. The van der Waals surface area contributed by atoms with Crippen molar-refractivity contribution in [3.05, 3.63) is 48.2 Å². The van der Waals surface area contributed by atoms with Crippen LogP contribution in [0.1, 0.15) is 31.4 Å². The Bertz CT molecular complexity index is 1640. The van der Waals surface area contributed by atoms with Gasteiger partial charge in [-0.25, -0.2) is 13.6 Å². The van der Waals surface area contributed by atoms with Crippen molar-refractivity contribution in [2.75, 3.05) is 48.9 Å². The fourth-order valence-electron chi connectivity index (χ4n) is 5.95. The van der Waals surface area contributed by atoms with E-state index in [4.69, 9.17) is 9.88 Å². The molecule has 0 unspecified atom stereocenters. The number of hydrogen-bond donors (Lipinski definition) is 3. The lowest BCUT2D eigenvalue weighted by atomic mass is 9.90. The average Bonchev–Trinajstić information content (AvgIpc) is 3.32. The lowest BCUT2D eigenvalue weighted by Crippen LogP contribution is -2.48. The van der Waals surface area contributed by atoms with Gasteiger partial charge in [0.2, 0.25) is 10.0 Å². The first-order chi connectivity index (χ1) is 20.9. The highest BCUT2D eigenvalue weighted by molar-refractivity contribution is 7.91. The zero-order chi connectivity index (χ0) is 31.5. The summed E-state index contributed by atoms with van der Waals surface area (Å²) in [6.07, 6.45) is -0.501. The van der Waals surface area contributed by atoms with Crippen molar-refractivity contribution >= 4 is 43.5 Å². The number of anilines is 2. The van der Waals surface area contributed by atoms with Gasteiger partial charge in [-0.3, -0.25) is 4.90 Å². The number of nitrogens with one attached hydrogen (secondary N) is 2. The molecule has 2 heterocycles. The molecule has 1 aliphatic heterocycles. The van der Waals surface area contributed by atoms with Gasteiger partial charge in [0.15, 0.2) is 0 Å². The minimum absolute atomic E-state index is 0.0693. The molecule has 238 valence electrons. The molecule has 0 amide bonds. The Kier molecular flexibility index (Phi) is 9.91. The van der Waals surface area contributed by atoms with Crippen LogP contribution in [0, 0.1) is 11.8 Å². The molecule has 5 rings (SSSR count). The molecule has 44 heavy (non-hydrogen) atoms. The molecule has 0 atom stereocenters. The monoisotopic (exact) mass is 651 g/mol. The van der Waals surface area contributed by atoms with Gasteiger partial charge < -0.3 is 24.5 Å². The maximum absolute atomic E-state index is 13.6. The summed E-state index contributed by atoms with van der Waals surface area (Å²) in [5.74, 6) is 7.47. The van der Waals surface area contributed by atoms with Gasteiger partial charge in [0.25, 0.3) is 0 Å². The van der Waals surface area contributed by atoms with Crippen molar-refractivity contribution < 1.29 is 30.9 Å². The van der Waals surface area contributed by atoms with Gasteiger partial charge in [0.05, 0.1) is 35.4 Å². The van der Waals surface area contributed by atoms with Crippen molar-refractivity contribution in [2.45, 2.75) is 55.4 Å². The number of halogens is 3. The third-order valence-electron chi connectivity index (χ3n) is 8.15. The third kappa shape index (κ3) is 7.94. The predicted molar refractivity (Wildman–Crippen MR) is 167 cm³/mol. The topological polar surface area (TPSA) is 125 Å². The molecule has 1 aromatic heterocycles. The summed E-state index contributed by atoms with van der Waals surface area (Å²) >= 11 is -0.703. The van der Waals surface area contributed by atoms with Crippen LogP contribution in [0.4, 0.5) is 24.5 Å². The number of benzene rings is 2. The van der Waals surface area contributed by atoms with Crippen molar-refractivity contribution in [1.29, 1.82) is 0 Å². The van der Waals surface area contributed by atoms with E-state index >= 15 is 0 Å². The predicted octanol–water partition coefficient (Wildman–Crippen LogP) is 4.11. The molecule has 1 saturated heterocycles. The van der Waals surface area contributed by atoms with E-state index in [1.54, 1.807) is 18.2 Å². The van der Waals surface area contributed by atoms with Gasteiger partial charge in [0, 0.05) is 42.3 Å². The molecule has 2 aliphatic rings. The Morgan fingerprint density at radius 2 is 1.82 bits per heavy atom. The zero-order valence-electron chi connectivity index (χ0n) is 24.3. The van der Waals surface area contributed by atoms with Crippen LogP contribution in [0.2, 0.25) is 0 Å². The van der Waals surface area contributed by atoms with Gasteiger partial charge in [-0.15, -0.1) is 0 Å². The van der Waals surface area contributed by atoms with Gasteiger partial charge in [-0.1, -0.05) is 23.2 Å². The molecular weight excluding hydrogens is 615 g/mol.